The molecule has 0 saturated carbocycles. The summed E-state index contributed by atoms with van der Waals surface area (Å²) in [5.74, 6) is 1.65. The molecule has 0 fully saturated rings. The second-order valence-electron chi connectivity index (χ2n) is 10.9. The first-order valence-corrected chi connectivity index (χ1v) is 14.3. The molecule has 3 aromatic heterocycles. The predicted molar refractivity (Wildman–Crippen MR) is 173 cm³/mol. The molecule has 3 heterocycles. The number of rotatable bonds is 6. The summed E-state index contributed by atoms with van der Waals surface area (Å²) in [5.41, 5.74) is 9.45. The van der Waals surface area contributed by atoms with Crippen LogP contribution < -0.4 is 9.80 Å². The SMILES string of the molecule is Cc1nc(N(c2[c-]c3c(cc2)oc2ccc(N(c4ccccc4)c4nc(C)c(C)n4C)[c-]c23)c2ccccc2)n(C)c1C.[Pt+2]. The van der Waals surface area contributed by atoms with Gasteiger partial charge >= 0.3 is 21.1 Å². The molecule has 8 heteroatoms. The Morgan fingerprint density at radius 3 is 1.30 bits per heavy atom. The largest absolute Gasteiger partial charge is 2.00 e. The summed E-state index contributed by atoms with van der Waals surface area (Å²) in [5, 5.41) is 1.72. The maximum atomic E-state index is 6.30. The van der Waals surface area contributed by atoms with Gasteiger partial charge in [-0.15, -0.1) is 24.3 Å². The monoisotopic (exact) mass is 759 g/mol. The number of para-hydroxylation sites is 2. The van der Waals surface area contributed by atoms with E-state index in [4.69, 9.17) is 14.4 Å². The molecular weight excluding hydrogens is 728 g/mol. The number of aryl methyl sites for hydroxylation is 2. The third-order valence-electron chi connectivity index (χ3n) is 8.35. The van der Waals surface area contributed by atoms with Crippen molar-refractivity contribution in [3.63, 3.8) is 0 Å². The number of hydrogen-bond donors (Lipinski definition) is 0. The number of anilines is 6. The zero-order valence-corrected chi connectivity index (χ0v) is 27.8. The third kappa shape index (κ3) is 4.82. The molecule has 0 spiro atoms. The van der Waals surface area contributed by atoms with Crippen LogP contribution >= 0.6 is 0 Å². The van der Waals surface area contributed by atoms with Crippen molar-refractivity contribution < 1.29 is 25.5 Å². The molecular formula is C36H32N6OPt. The smallest absolute Gasteiger partial charge is 0.564 e. The molecule has 0 aliphatic rings. The Balaban J connectivity index is 0.00000343. The topological polar surface area (TPSA) is 55.3 Å². The van der Waals surface area contributed by atoms with Gasteiger partial charge in [0.25, 0.3) is 0 Å². The molecule has 0 amide bonds. The molecule has 0 bridgehead atoms. The van der Waals surface area contributed by atoms with Gasteiger partial charge in [0, 0.05) is 36.9 Å². The van der Waals surface area contributed by atoms with Crippen LogP contribution in [-0.2, 0) is 35.2 Å². The van der Waals surface area contributed by atoms with E-state index >= 15 is 0 Å². The van der Waals surface area contributed by atoms with Crippen LogP contribution in [0.2, 0.25) is 0 Å². The first-order chi connectivity index (χ1) is 20.8. The van der Waals surface area contributed by atoms with Gasteiger partial charge in [0.2, 0.25) is 11.9 Å². The van der Waals surface area contributed by atoms with Gasteiger partial charge in [-0.2, -0.15) is 22.9 Å². The molecule has 4 aromatic carbocycles. The molecule has 0 N–H and O–H groups in total. The van der Waals surface area contributed by atoms with Gasteiger partial charge in [-0.25, -0.2) is 9.97 Å². The number of aromatic nitrogens is 4. The van der Waals surface area contributed by atoms with E-state index in [1.807, 2.05) is 88.6 Å². The molecule has 0 atom stereocenters. The first kappa shape index (κ1) is 29.5. The number of fused-ring (bicyclic) bond motifs is 3. The van der Waals surface area contributed by atoms with Crippen molar-refractivity contribution in [2.45, 2.75) is 27.7 Å². The van der Waals surface area contributed by atoms with Crippen LogP contribution in [0.15, 0.2) is 89.3 Å². The van der Waals surface area contributed by atoms with Gasteiger partial charge in [-0.05, 0) is 74.5 Å². The molecule has 0 radical (unpaired) electrons. The Kier molecular flexibility index (Phi) is 7.68. The molecule has 0 aliphatic heterocycles. The van der Waals surface area contributed by atoms with Gasteiger partial charge in [0.1, 0.15) is 0 Å². The van der Waals surface area contributed by atoms with E-state index in [-0.39, 0.29) is 21.1 Å². The molecule has 0 aliphatic carbocycles. The van der Waals surface area contributed by atoms with Crippen molar-refractivity contribution in [2.24, 2.45) is 14.1 Å². The summed E-state index contributed by atoms with van der Waals surface area (Å²) in [6, 6.07) is 36.0. The summed E-state index contributed by atoms with van der Waals surface area (Å²) in [6.07, 6.45) is 0. The van der Waals surface area contributed by atoms with Crippen molar-refractivity contribution in [3.05, 3.63) is 120 Å². The maximum absolute atomic E-state index is 6.30. The zero-order chi connectivity index (χ0) is 29.8. The van der Waals surface area contributed by atoms with Crippen LogP contribution in [0.3, 0.4) is 0 Å². The summed E-state index contributed by atoms with van der Waals surface area (Å²) in [6.45, 7) is 8.26. The Hall–Kier alpha value is -4.61. The third-order valence-corrected chi connectivity index (χ3v) is 8.35. The molecule has 7 aromatic rings. The van der Waals surface area contributed by atoms with Gasteiger partial charge < -0.3 is 13.6 Å². The Morgan fingerprint density at radius 1 is 0.568 bits per heavy atom. The standard InChI is InChI=1S/C36H32N6O.Pt/c1-23-25(3)39(5)35(37-23)41(27-13-9-7-10-14-27)29-17-19-33-31(21-29)32-22-30(18-20-34(32)43-33)42(28-15-11-8-12-16-28)36-38-24(2)26(4)40(36)6;/h7-20H,1-6H3;/q-2;+2. The summed E-state index contributed by atoms with van der Waals surface area (Å²) >= 11 is 0. The summed E-state index contributed by atoms with van der Waals surface area (Å²) in [4.78, 5) is 14.1. The Bertz CT molecular complexity index is 1960. The fourth-order valence-corrected chi connectivity index (χ4v) is 5.54. The minimum Gasteiger partial charge on any atom is -0.564 e. The van der Waals surface area contributed by atoms with Crippen molar-refractivity contribution in [2.75, 3.05) is 9.80 Å². The van der Waals surface area contributed by atoms with E-state index < -0.39 is 0 Å². The fourth-order valence-electron chi connectivity index (χ4n) is 5.54. The Morgan fingerprint density at radius 2 is 0.955 bits per heavy atom. The van der Waals surface area contributed by atoms with Crippen molar-refractivity contribution >= 4 is 56.6 Å². The fraction of sp³-hybridized carbons (Fsp3) is 0.167. The minimum absolute atomic E-state index is 0. The van der Waals surface area contributed by atoms with Crippen LogP contribution in [0.25, 0.3) is 21.9 Å². The van der Waals surface area contributed by atoms with Crippen LogP contribution in [0.5, 0.6) is 0 Å². The minimum atomic E-state index is 0. The van der Waals surface area contributed by atoms with E-state index in [9.17, 15) is 0 Å². The molecule has 222 valence electrons. The second-order valence-corrected chi connectivity index (χ2v) is 10.9. The van der Waals surface area contributed by atoms with Crippen molar-refractivity contribution in [1.29, 1.82) is 0 Å². The van der Waals surface area contributed by atoms with E-state index in [1.54, 1.807) is 0 Å². The van der Waals surface area contributed by atoms with Crippen LogP contribution in [0, 0.1) is 39.8 Å². The maximum Gasteiger partial charge on any atom is 2.00 e. The molecule has 0 unspecified atom stereocenters. The van der Waals surface area contributed by atoms with Gasteiger partial charge in [0.15, 0.2) is 0 Å². The van der Waals surface area contributed by atoms with Crippen molar-refractivity contribution in [3.8, 4) is 0 Å². The van der Waals surface area contributed by atoms with Gasteiger partial charge in [-0.1, -0.05) is 36.4 Å². The quantitative estimate of drug-likeness (QED) is 0.159. The average Bonchev–Trinajstić information content (AvgIpc) is 3.61. The molecule has 7 nitrogen and oxygen atoms in total. The number of benzene rings is 4. The summed E-state index contributed by atoms with van der Waals surface area (Å²) in [7, 11) is 4.09. The van der Waals surface area contributed by atoms with E-state index in [0.717, 1.165) is 79.4 Å². The number of nitrogens with zero attached hydrogens (tertiary/aromatic N) is 6. The predicted octanol–water partition coefficient (Wildman–Crippen LogP) is 8.82. The van der Waals surface area contributed by atoms with Crippen LogP contribution in [0.4, 0.5) is 34.6 Å². The van der Waals surface area contributed by atoms with E-state index in [2.05, 4.69) is 69.2 Å². The van der Waals surface area contributed by atoms with Crippen LogP contribution in [0.1, 0.15) is 22.8 Å². The van der Waals surface area contributed by atoms with E-state index in [1.165, 1.54) is 0 Å². The first-order valence-electron chi connectivity index (χ1n) is 14.3. The molecule has 44 heavy (non-hydrogen) atoms. The average molecular weight is 760 g/mol. The van der Waals surface area contributed by atoms with Crippen molar-refractivity contribution in [1.82, 2.24) is 19.1 Å². The normalized spacial score (nSPS) is 11.2. The van der Waals surface area contributed by atoms with Crippen LogP contribution in [-0.4, -0.2) is 19.1 Å². The molecule has 0 saturated heterocycles. The van der Waals surface area contributed by atoms with Gasteiger partial charge in [-0.3, -0.25) is 9.80 Å². The second kappa shape index (κ2) is 11.5. The number of imidazole rings is 2. The van der Waals surface area contributed by atoms with Gasteiger partial charge in [0.05, 0.1) is 11.4 Å². The number of furan rings is 1. The summed E-state index contributed by atoms with van der Waals surface area (Å²) < 4.78 is 10.5. The number of hydrogen-bond acceptors (Lipinski definition) is 5. The van der Waals surface area contributed by atoms with E-state index in [0.29, 0.717) is 0 Å². The molecule has 7 rings (SSSR count). The zero-order valence-electron chi connectivity index (χ0n) is 25.5. The Labute approximate surface area is 271 Å².